The highest BCUT2D eigenvalue weighted by molar-refractivity contribution is 6.30. The summed E-state index contributed by atoms with van der Waals surface area (Å²) in [7, 11) is 1.60. The van der Waals surface area contributed by atoms with Gasteiger partial charge in [0.25, 0.3) is 5.56 Å². The summed E-state index contributed by atoms with van der Waals surface area (Å²) in [5.74, 6) is -0.239. The summed E-state index contributed by atoms with van der Waals surface area (Å²) in [6.07, 6.45) is 0.564. The molecule has 0 radical (unpaired) electrons. The molecule has 0 fully saturated rings. The van der Waals surface area contributed by atoms with E-state index in [0.29, 0.717) is 47.0 Å². The minimum absolute atomic E-state index is 0.00505. The number of fused-ring (bicyclic) bond motifs is 1. The van der Waals surface area contributed by atoms with Crippen LogP contribution in [0.1, 0.15) is 45.0 Å². The molecule has 2 aromatic carbocycles. The Balaban J connectivity index is 2.07. The summed E-state index contributed by atoms with van der Waals surface area (Å²) in [5.41, 5.74) is 0.895. The van der Waals surface area contributed by atoms with Crippen LogP contribution in [-0.4, -0.2) is 53.2 Å². The van der Waals surface area contributed by atoms with Crippen molar-refractivity contribution in [3.63, 3.8) is 0 Å². The van der Waals surface area contributed by atoms with Crippen LogP contribution >= 0.6 is 11.6 Å². The number of nitrogens with zero attached hydrogens (tertiary/aromatic N) is 3. The lowest BCUT2D eigenvalue weighted by Gasteiger charge is -2.30. The fourth-order valence-corrected chi connectivity index (χ4v) is 4.03. The molecule has 1 amide bonds. The molecule has 0 saturated heterocycles. The second-order valence-electron chi connectivity index (χ2n) is 8.02. The van der Waals surface area contributed by atoms with E-state index in [1.165, 1.54) is 4.57 Å². The minimum Gasteiger partial charge on any atom is -0.466 e. The number of para-hydroxylation sites is 1. The van der Waals surface area contributed by atoms with Crippen molar-refractivity contribution in [2.75, 3.05) is 26.9 Å². The highest BCUT2D eigenvalue weighted by Gasteiger charge is 2.27. The third kappa shape index (κ3) is 6.46. The van der Waals surface area contributed by atoms with Crippen molar-refractivity contribution in [3.8, 4) is 5.69 Å². The molecule has 0 spiro atoms. The normalized spacial score (nSPS) is 11.9. The molecule has 1 atom stereocenters. The number of rotatable bonds is 11. The van der Waals surface area contributed by atoms with E-state index in [2.05, 4.69) is 0 Å². The van der Waals surface area contributed by atoms with Crippen LogP contribution in [0.25, 0.3) is 16.6 Å². The second kappa shape index (κ2) is 12.5. The van der Waals surface area contributed by atoms with Crippen molar-refractivity contribution < 1.29 is 19.1 Å². The van der Waals surface area contributed by atoms with Crippen LogP contribution in [0.5, 0.6) is 0 Å². The smallest absolute Gasteiger partial charge is 0.306 e. The summed E-state index contributed by atoms with van der Waals surface area (Å²) in [6.45, 7) is 4.65. The van der Waals surface area contributed by atoms with E-state index in [4.69, 9.17) is 26.1 Å². The number of esters is 1. The van der Waals surface area contributed by atoms with Crippen LogP contribution in [-0.2, 0) is 19.1 Å². The SMILES string of the molecule is CCOC(=O)CCC(=O)N(CCCOC)C(C)c1nc2ccccc2c(=O)n1-c1ccc(Cl)cc1. The Morgan fingerprint density at radius 3 is 2.51 bits per heavy atom. The molecule has 1 aromatic heterocycles. The average molecular weight is 500 g/mol. The van der Waals surface area contributed by atoms with Crippen molar-refractivity contribution in [3.05, 3.63) is 69.7 Å². The fourth-order valence-electron chi connectivity index (χ4n) is 3.91. The summed E-state index contributed by atoms with van der Waals surface area (Å²) in [5, 5.41) is 1.01. The first-order chi connectivity index (χ1) is 16.9. The zero-order chi connectivity index (χ0) is 25.4. The van der Waals surface area contributed by atoms with Crippen molar-refractivity contribution >= 4 is 34.4 Å². The molecule has 1 heterocycles. The van der Waals surface area contributed by atoms with Gasteiger partial charge in [0.15, 0.2) is 0 Å². The maximum Gasteiger partial charge on any atom is 0.306 e. The van der Waals surface area contributed by atoms with Gasteiger partial charge >= 0.3 is 5.97 Å². The van der Waals surface area contributed by atoms with Gasteiger partial charge in [0.1, 0.15) is 5.82 Å². The van der Waals surface area contributed by atoms with E-state index in [0.717, 1.165) is 0 Å². The van der Waals surface area contributed by atoms with Crippen LogP contribution in [0.3, 0.4) is 0 Å². The topological polar surface area (TPSA) is 90.7 Å². The summed E-state index contributed by atoms with van der Waals surface area (Å²) < 4.78 is 11.7. The highest BCUT2D eigenvalue weighted by Crippen LogP contribution is 2.25. The molecule has 0 saturated carbocycles. The number of amides is 1. The lowest BCUT2D eigenvalue weighted by molar-refractivity contribution is -0.146. The van der Waals surface area contributed by atoms with Crippen molar-refractivity contribution in [2.45, 2.75) is 39.2 Å². The number of hydrogen-bond acceptors (Lipinski definition) is 6. The van der Waals surface area contributed by atoms with Crippen LogP contribution < -0.4 is 5.56 Å². The van der Waals surface area contributed by atoms with Gasteiger partial charge in [0.05, 0.1) is 35.7 Å². The predicted octanol–water partition coefficient (Wildman–Crippen LogP) is 4.31. The van der Waals surface area contributed by atoms with Gasteiger partial charge in [-0.2, -0.15) is 0 Å². The number of hydrogen-bond donors (Lipinski definition) is 0. The molecule has 1 unspecified atom stereocenters. The lowest BCUT2D eigenvalue weighted by atomic mass is 10.1. The Morgan fingerprint density at radius 1 is 1.11 bits per heavy atom. The van der Waals surface area contributed by atoms with Gasteiger partial charge in [-0.1, -0.05) is 23.7 Å². The first kappa shape index (κ1) is 26.4. The quantitative estimate of drug-likeness (QED) is 0.288. The van der Waals surface area contributed by atoms with Gasteiger partial charge in [-0.05, 0) is 56.7 Å². The minimum atomic E-state index is -0.561. The van der Waals surface area contributed by atoms with Crippen LogP contribution in [0.15, 0.2) is 53.3 Å². The molecule has 3 rings (SSSR count). The third-order valence-electron chi connectivity index (χ3n) is 5.64. The summed E-state index contributed by atoms with van der Waals surface area (Å²) in [4.78, 5) is 45.1. The number of benzene rings is 2. The third-order valence-corrected chi connectivity index (χ3v) is 5.90. The molecule has 3 aromatic rings. The van der Waals surface area contributed by atoms with Crippen molar-refractivity contribution in [1.82, 2.24) is 14.5 Å². The highest BCUT2D eigenvalue weighted by atomic mass is 35.5. The molecule has 0 aliphatic rings. The zero-order valence-electron chi connectivity index (χ0n) is 20.2. The van der Waals surface area contributed by atoms with E-state index in [-0.39, 0.29) is 30.9 Å². The molecule has 0 N–H and O–H groups in total. The van der Waals surface area contributed by atoms with Gasteiger partial charge in [0.2, 0.25) is 5.91 Å². The van der Waals surface area contributed by atoms with Gasteiger partial charge in [-0.25, -0.2) is 4.98 Å². The van der Waals surface area contributed by atoms with Crippen LogP contribution in [0, 0.1) is 0 Å². The Bertz CT molecular complexity index is 1230. The van der Waals surface area contributed by atoms with E-state index < -0.39 is 12.0 Å². The Labute approximate surface area is 209 Å². The first-order valence-corrected chi connectivity index (χ1v) is 12.0. The van der Waals surface area contributed by atoms with Crippen molar-refractivity contribution in [1.29, 1.82) is 0 Å². The molecule has 35 heavy (non-hydrogen) atoms. The summed E-state index contributed by atoms with van der Waals surface area (Å²) >= 11 is 6.08. The molecular weight excluding hydrogens is 470 g/mol. The molecular formula is C26H30ClN3O5. The monoisotopic (exact) mass is 499 g/mol. The van der Waals surface area contributed by atoms with Gasteiger partial charge in [0, 0.05) is 31.7 Å². The van der Waals surface area contributed by atoms with E-state index in [1.807, 2.05) is 13.0 Å². The van der Waals surface area contributed by atoms with E-state index in [9.17, 15) is 14.4 Å². The molecule has 9 heteroatoms. The molecule has 0 aliphatic heterocycles. The number of halogens is 1. The summed E-state index contributed by atoms with van der Waals surface area (Å²) in [6, 6.07) is 13.4. The standard InChI is InChI=1S/C26H30ClN3O5/c1-4-35-24(32)15-14-23(31)29(16-7-17-34-3)18(2)25-28-22-9-6-5-8-21(22)26(33)30(25)20-12-10-19(27)11-13-20/h5-6,8-13,18H,4,7,14-17H2,1-3H3. The van der Waals surface area contributed by atoms with E-state index in [1.54, 1.807) is 61.4 Å². The number of carbonyl (C=O) groups is 2. The van der Waals surface area contributed by atoms with Gasteiger partial charge < -0.3 is 14.4 Å². The Hall–Kier alpha value is -3.23. The zero-order valence-corrected chi connectivity index (χ0v) is 21.0. The van der Waals surface area contributed by atoms with Crippen LogP contribution in [0.4, 0.5) is 0 Å². The van der Waals surface area contributed by atoms with Gasteiger partial charge in [-0.3, -0.25) is 19.0 Å². The maximum absolute atomic E-state index is 13.6. The first-order valence-electron chi connectivity index (χ1n) is 11.6. The maximum atomic E-state index is 13.6. The van der Waals surface area contributed by atoms with Crippen molar-refractivity contribution in [2.24, 2.45) is 0 Å². The molecule has 0 bridgehead atoms. The second-order valence-corrected chi connectivity index (χ2v) is 8.46. The average Bonchev–Trinajstić information content (AvgIpc) is 2.86. The predicted molar refractivity (Wildman–Crippen MR) is 135 cm³/mol. The molecule has 8 nitrogen and oxygen atoms in total. The lowest BCUT2D eigenvalue weighted by Crippen LogP contribution is -2.38. The van der Waals surface area contributed by atoms with E-state index >= 15 is 0 Å². The van der Waals surface area contributed by atoms with Crippen LogP contribution in [0.2, 0.25) is 5.02 Å². The van der Waals surface area contributed by atoms with Gasteiger partial charge in [-0.15, -0.1) is 0 Å². The number of carbonyl (C=O) groups excluding carboxylic acids is 2. The molecule has 0 aliphatic carbocycles. The Morgan fingerprint density at radius 2 is 1.83 bits per heavy atom. The number of ether oxygens (including phenoxy) is 2. The fraction of sp³-hybridized carbons (Fsp3) is 0.385. The number of aromatic nitrogens is 2. The number of methoxy groups -OCH3 is 1. The largest absolute Gasteiger partial charge is 0.466 e. The molecule has 186 valence electrons. The Kier molecular flexibility index (Phi) is 9.39.